The first-order valence-electron chi connectivity index (χ1n) is 6.40. The number of nitrogens with one attached hydrogen (secondary N) is 1. The van der Waals surface area contributed by atoms with Crippen LogP contribution in [0.2, 0.25) is 0 Å². The van der Waals surface area contributed by atoms with Crippen molar-refractivity contribution in [2.24, 2.45) is 5.92 Å². The minimum atomic E-state index is -0.893. The summed E-state index contributed by atoms with van der Waals surface area (Å²) in [5.74, 6) is -1.92. The lowest BCUT2D eigenvalue weighted by Gasteiger charge is -2.31. The molecule has 0 bridgehead atoms. The number of hydrogen-bond acceptors (Lipinski definition) is 4. The van der Waals surface area contributed by atoms with Crippen LogP contribution in [-0.4, -0.2) is 53.7 Å². The Labute approximate surface area is 111 Å². The van der Waals surface area contributed by atoms with Crippen molar-refractivity contribution in [2.75, 3.05) is 19.7 Å². The van der Waals surface area contributed by atoms with E-state index >= 15 is 0 Å². The van der Waals surface area contributed by atoms with Gasteiger partial charge < -0.3 is 20.1 Å². The molecule has 7 heteroatoms. The molecule has 1 aliphatic heterocycles. The average molecular weight is 272 g/mol. The Hall–Kier alpha value is -1.79. The molecule has 0 spiro atoms. The summed E-state index contributed by atoms with van der Waals surface area (Å²) in [7, 11) is 0. The smallest absolute Gasteiger partial charge is 0.328 e. The number of urea groups is 1. The number of amides is 2. The third kappa shape index (κ3) is 4.42. The molecule has 1 aliphatic rings. The number of rotatable bonds is 4. The second-order valence-corrected chi connectivity index (χ2v) is 4.55. The Morgan fingerprint density at radius 2 is 2.16 bits per heavy atom. The Kier molecular flexibility index (Phi) is 5.59. The molecule has 1 rings (SSSR count). The van der Waals surface area contributed by atoms with Crippen LogP contribution < -0.4 is 5.32 Å². The number of piperidine rings is 1. The van der Waals surface area contributed by atoms with Crippen molar-refractivity contribution in [1.29, 1.82) is 0 Å². The third-order valence-corrected chi connectivity index (χ3v) is 3.04. The molecule has 1 heterocycles. The van der Waals surface area contributed by atoms with Gasteiger partial charge in [-0.15, -0.1) is 0 Å². The van der Waals surface area contributed by atoms with Crippen LogP contribution >= 0.6 is 0 Å². The summed E-state index contributed by atoms with van der Waals surface area (Å²) in [5.41, 5.74) is 0. The number of carbonyl (C=O) groups excluding carboxylic acids is 2. The number of esters is 1. The predicted molar refractivity (Wildman–Crippen MR) is 66.6 cm³/mol. The number of nitrogens with zero attached hydrogens (tertiary/aromatic N) is 1. The number of aliphatic carboxylic acids is 1. The molecule has 19 heavy (non-hydrogen) atoms. The van der Waals surface area contributed by atoms with Crippen LogP contribution in [0, 0.1) is 5.92 Å². The molecular weight excluding hydrogens is 252 g/mol. The number of carboxylic acids is 1. The first-order valence-corrected chi connectivity index (χ1v) is 6.40. The largest absolute Gasteiger partial charge is 0.481 e. The van der Waals surface area contributed by atoms with Crippen molar-refractivity contribution in [3.05, 3.63) is 0 Å². The summed E-state index contributed by atoms with van der Waals surface area (Å²) in [6.07, 6.45) is 1.23. The van der Waals surface area contributed by atoms with Gasteiger partial charge in [0.2, 0.25) is 0 Å². The SMILES string of the molecule is CCOC(=O)C(C)NC(=O)N1CCC[C@H](C(=O)O)C1. The number of ether oxygens (including phenoxy) is 1. The van der Waals surface area contributed by atoms with Crippen molar-refractivity contribution < 1.29 is 24.2 Å². The van der Waals surface area contributed by atoms with Gasteiger partial charge in [0.05, 0.1) is 12.5 Å². The number of likely N-dealkylation sites (tertiary alicyclic amines) is 1. The van der Waals surface area contributed by atoms with E-state index in [9.17, 15) is 14.4 Å². The average Bonchev–Trinajstić information content (AvgIpc) is 2.39. The quantitative estimate of drug-likeness (QED) is 0.724. The Morgan fingerprint density at radius 3 is 2.74 bits per heavy atom. The lowest BCUT2D eigenvalue weighted by atomic mass is 9.99. The van der Waals surface area contributed by atoms with Gasteiger partial charge in [-0.3, -0.25) is 4.79 Å². The molecule has 0 radical (unpaired) electrons. The first kappa shape index (κ1) is 15.3. The van der Waals surface area contributed by atoms with Crippen LogP contribution in [0.15, 0.2) is 0 Å². The van der Waals surface area contributed by atoms with Gasteiger partial charge in [-0.2, -0.15) is 0 Å². The van der Waals surface area contributed by atoms with E-state index in [1.165, 1.54) is 11.8 Å². The van der Waals surface area contributed by atoms with Gasteiger partial charge in [0, 0.05) is 13.1 Å². The highest BCUT2D eigenvalue weighted by molar-refractivity contribution is 5.83. The summed E-state index contributed by atoms with van der Waals surface area (Å²) in [6.45, 7) is 4.16. The van der Waals surface area contributed by atoms with Crippen LogP contribution in [0.4, 0.5) is 4.79 Å². The van der Waals surface area contributed by atoms with E-state index in [4.69, 9.17) is 9.84 Å². The third-order valence-electron chi connectivity index (χ3n) is 3.04. The van der Waals surface area contributed by atoms with Crippen molar-refractivity contribution in [3.63, 3.8) is 0 Å². The van der Waals surface area contributed by atoms with Gasteiger partial charge in [0.1, 0.15) is 6.04 Å². The van der Waals surface area contributed by atoms with Crippen molar-refractivity contribution in [1.82, 2.24) is 10.2 Å². The zero-order valence-electron chi connectivity index (χ0n) is 11.2. The fraction of sp³-hybridized carbons (Fsp3) is 0.750. The summed E-state index contributed by atoms with van der Waals surface area (Å²) in [4.78, 5) is 35.6. The van der Waals surface area contributed by atoms with E-state index in [-0.39, 0.29) is 13.2 Å². The van der Waals surface area contributed by atoms with Crippen molar-refractivity contribution in [3.8, 4) is 0 Å². The zero-order valence-corrected chi connectivity index (χ0v) is 11.2. The van der Waals surface area contributed by atoms with Crippen molar-refractivity contribution in [2.45, 2.75) is 32.7 Å². The Morgan fingerprint density at radius 1 is 1.47 bits per heavy atom. The van der Waals surface area contributed by atoms with Crippen molar-refractivity contribution >= 4 is 18.0 Å². The van der Waals surface area contributed by atoms with Gasteiger partial charge in [-0.05, 0) is 26.7 Å². The second kappa shape index (κ2) is 6.96. The van der Waals surface area contributed by atoms with E-state index in [1.807, 2.05) is 0 Å². The Balaban J connectivity index is 2.48. The maximum atomic E-state index is 11.9. The first-order chi connectivity index (χ1) is 8.95. The monoisotopic (exact) mass is 272 g/mol. The summed E-state index contributed by atoms with van der Waals surface area (Å²) >= 11 is 0. The lowest BCUT2D eigenvalue weighted by molar-refractivity contribution is -0.145. The van der Waals surface area contributed by atoms with Crippen LogP contribution in [0.1, 0.15) is 26.7 Å². The highest BCUT2D eigenvalue weighted by Gasteiger charge is 2.29. The maximum Gasteiger partial charge on any atom is 0.328 e. The van der Waals surface area contributed by atoms with Gasteiger partial charge >= 0.3 is 18.0 Å². The summed E-state index contributed by atoms with van der Waals surface area (Å²) < 4.78 is 4.78. The molecule has 7 nitrogen and oxygen atoms in total. The molecule has 1 saturated heterocycles. The van der Waals surface area contributed by atoms with E-state index in [2.05, 4.69) is 5.32 Å². The molecule has 0 aromatic rings. The topological polar surface area (TPSA) is 95.9 Å². The standard InChI is InChI=1S/C12H20N2O5/c1-3-19-11(17)8(2)13-12(18)14-6-4-5-9(7-14)10(15)16/h8-9H,3-7H2,1-2H3,(H,13,18)(H,15,16)/t8?,9-/m0/s1. The number of hydrogen-bond donors (Lipinski definition) is 2. The van der Waals surface area contributed by atoms with Gasteiger partial charge in [0.15, 0.2) is 0 Å². The number of carbonyl (C=O) groups is 3. The van der Waals surface area contributed by atoms with Crippen LogP contribution in [0.5, 0.6) is 0 Å². The molecule has 2 atom stereocenters. The minimum absolute atomic E-state index is 0.177. The van der Waals surface area contributed by atoms with Gasteiger partial charge in [0.25, 0.3) is 0 Å². The molecule has 1 fully saturated rings. The molecule has 108 valence electrons. The molecular formula is C12H20N2O5. The van der Waals surface area contributed by atoms with E-state index in [1.54, 1.807) is 6.92 Å². The predicted octanol–water partition coefficient (Wildman–Crippen LogP) is 0.444. The van der Waals surface area contributed by atoms with E-state index < -0.39 is 29.9 Å². The second-order valence-electron chi connectivity index (χ2n) is 4.55. The fourth-order valence-electron chi connectivity index (χ4n) is 1.97. The number of carboxylic acid groups (broad SMARTS) is 1. The fourth-order valence-corrected chi connectivity index (χ4v) is 1.97. The molecule has 0 aromatic heterocycles. The van der Waals surface area contributed by atoms with E-state index in [0.29, 0.717) is 19.4 Å². The molecule has 0 aliphatic carbocycles. The normalized spacial score (nSPS) is 20.5. The minimum Gasteiger partial charge on any atom is -0.481 e. The zero-order chi connectivity index (χ0) is 14.4. The molecule has 2 amide bonds. The van der Waals surface area contributed by atoms with Crippen LogP contribution in [-0.2, 0) is 14.3 Å². The lowest BCUT2D eigenvalue weighted by Crippen LogP contribution is -2.51. The molecule has 0 saturated carbocycles. The molecule has 2 N–H and O–H groups in total. The Bertz CT molecular complexity index is 358. The van der Waals surface area contributed by atoms with Crippen LogP contribution in [0.3, 0.4) is 0 Å². The van der Waals surface area contributed by atoms with Gasteiger partial charge in [-0.25, -0.2) is 9.59 Å². The van der Waals surface area contributed by atoms with Crippen LogP contribution in [0.25, 0.3) is 0 Å². The highest BCUT2D eigenvalue weighted by Crippen LogP contribution is 2.16. The highest BCUT2D eigenvalue weighted by atomic mass is 16.5. The van der Waals surface area contributed by atoms with E-state index in [0.717, 1.165) is 0 Å². The summed E-state index contributed by atoms with van der Waals surface area (Å²) in [6, 6.07) is -1.16. The molecule has 0 aromatic carbocycles. The maximum absolute atomic E-state index is 11.9. The summed E-state index contributed by atoms with van der Waals surface area (Å²) in [5, 5.41) is 11.5. The molecule has 1 unspecified atom stereocenters. The van der Waals surface area contributed by atoms with Gasteiger partial charge in [-0.1, -0.05) is 0 Å².